The molecule has 1 atom stereocenters. The maximum Gasteiger partial charge on any atom is 0.0565 e. The number of hydrogen-bond donors (Lipinski definition) is 1. The summed E-state index contributed by atoms with van der Waals surface area (Å²) < 4.78 is 0. The van der Waals surface area contributed by atoms with Crippen LogP contribution in [0.5, 0.6) is 0 Å². The topological polar surface area (TPSA) is 26.0 Å². The average molecular weight is 461 g/mol. The van der Waals surface area contributed by atoms with Gasteiger partial charge < -0.3 is 5.73 Å². The molecule has 170 valence electrons. The Morgan fingerprint density at radius 3 is 2.26 bits per heavy atom. The quantitative estimate of drug-likeness (QED) is 0.457. The van der Waals surface area contributed by atoms with Crippen LogP contribution in [0.15, 0.2) is 18.2 Å². The van der Waals surface area contributed by atoms with E-state index in [1.807, 2.05) is 0 Å². The van der Waals surface area contributed by atoms with E-state index in [-0.39, 0.29) is 18.4 Å². The molecule has 0 heterocycles. The van der Waals surface area contributed by atoms with Crippen molar-refractivity contribution in [1.29, 1.82) is 0 Å². The number of rotatable bonds is 4. The van der Waals surface area contributed by atoms with Gasteiger partial charge in [0, 0.05) is 18.0 Å². The SMILES string of the molecule is CC(N)C1(CCC#Cc2ccc(C3C4CC5CC(C4)CC3C5)cc2Cl)CCCCC1.Cl. The molecule has 4 bridgehead atoms. The second-order valence-electron chi connectivity index (χ2n) is 11.2. The summed E-state index contributed by atoms with van der Waals surface area (Å²) in [4.78, 5) is 0. The molecule has 1 aromatic carbocycles. The van der Waals surface area contributed by atoms with Crippen molar-refractivity contribution in [3.8, 4) is 11.8 Å². The van der Waals surface area contributed by atoms with Crippen molar-refractivity contribution in [3.05, 3.63) is 34.3 Å². The van der Waals surface area contributed by atoms with E-state index in [0.29, 0.717) is 5.41 Å². The molecule has 0 aromatic heterocycles. The molecule has 0 radical (unpaired) electrons. The summed E-state index contributed by atoms with van der Waals surface area (Å²) in [6.45, 7) is 2.19. The first-order valence-electron chi connectivity index (χ1n) is 12.6. The largest absolute Gasteiger partial charge is 0.327 e. The summed E-state index contributed by atoms with van der Waals surface area (Å²) in [6.07, 6.45) is 16.0. The van der Waals surface area contributed by atoms with Crippen LogP contribution in [0.25, 0.3) is 0 Å². The van der Waals surface area contributed by atoms with Crippen LogP contribution in [0, 0.1) is 40.9 Å². The van der Waals surface area contributed by atoms with E-state index in [0.717, 1.165) is 53.0 Å². The minimum atomic E-state index is 0. The van der Waals surface area contributed by atoms with Crippen LogP contribution in [-0.2, 0) is 0 Å². The number of benzene rings is 1. The van der Waals surface area contributed by atoms with Crippen LogP contribution in [0.1, 0.15) is 101 Å². The Morgan fingerprint density at radius 1 is 1.03 bits per heavy atom. The molecule has 0 amide bonds. The molecule has 0 saturated heterocycles. The van der Waals surface area contributed by atoms with E-state index in [1.165, 1.54) is 69.8 Å². The molecule has 1 unspecified atom stereocenters. The zero-order valence-corrected chi connectivity index (χ0v) is 20.6. The maximum atomic E-state index is 6.73. The van der Waals surface area contributed by atoms with Gasteiger partial charge in [0.2, 0.25) is 0 Å². The molecule has 5 fully saturated rings. The highest BCUT2D eigenvalue weighted by Gasteiger charge is 2.48. The molecular formula is C28H39Cl2N. The molecule has 0 aliphatic heterocycles. The third-order valence-corrected chi connectivity index (χ3v) is 9.70. The van der Waals surface area contributed by atoms with Gasteiger partial charge in [0.15, 0.2) is 0 Å². The van der Waals surface area contributed by atoms with Gasteiger partial charge in [0.05, 0.1) is 5.02 Å². The zero-order chi connectivity index (χ0) is 20.7. The van der Waals surface area contributed by atoms with E-state index in [4.69, 9.17) is 17.3 Å². The van der Waals surface area contributed by atoms with Gasteiger partial charge in [0.25, 0.3) is 0 Å². The van der Waals surface area contributed by atoms with Gasteiger partial charge in [-0.05, 0) is 111 Å². The lowest BCUT2D eigenvalue weighted by atomic mass is 9.51. The fourth-order valence-electron chi connectivity index (χ4n) is 7.97. The molecule has 5 aliphatic rings. The summed E-state index contributed by atoms with van der Waals surface area (Å²) >= 11 is 6.73. The van der Waals surface area contributed by atoms with E-state index in [2.05, 4.69) is 37.0 Å². The molecule has 31 heavy (non-hydrogen) atoms. The molecule has 1 aromatic rings. The standard InChI is InChI=1S/C28H38ClN.ClH/c1-19(30)28(10-4-2-5-11-28)12-6-3-7-22-8-9-23(18-26(22)29)27-24-14-20-13-21(16-24)17-25(27)15-20;/h8-9,18-21,24-25,27H,2,4-6,10-17,30H2,1H3;1H. The van der Waals surface area contributed by atoms with Crippen molar-refractivity contribution in [2.75, 3.05) is 0 Å². The van der Waals surface area contributed by atoms with Crippen LogP contribution < -0.4 is 5.73 Å². The minimum absolute atomic E-state index is 0. The van der Waals surface area contributed by atoms with Crippen LogP contribution in [0.2, 0.25) is 5.02 Å². The van der Waals surface area contributed by atoms with E-state index in [1.54, 1.807) is 0 Å². The van der Waals surface area contributed by atoms with Gasteiger partial charge >= 0.3 is 0 Å². The van der Waals surface area contributed by atoms with E-state index in [9.17, 15) is 0 Å². The smallest absolute Gasteiger partial charge is 0.0565 e. The summed E-state index contributed by atoms with van der Waals surface area (Å²) in [5.74, 6) is 11.4. The van der Waals surface area contributed by atoms with Crippen LogP contribution in [-0.4, -0.2) is 6.04 Å². The highest BCUT2D eigenvalue weighted by atomic mass is 35.5. The van der Waals surface area contributed by atoms with Gasteiger partial charge in [-0.25, -0.2) is 0 Å². The molecule has 5 saturated carbocycles. The zero-order valence-electron chi connectivity index (χ0n) is 19.0. The summed E-state index contributed by atoms with van der Waals surface area (Å²) in [5, 5.41) is 0.855. The summed E-state index contributed by atoms with van der Waals surface area (Å²) in [6, 6.07) is 7.05. The fraction of sp³-hybridized carbons (Fsp3) is 0.714. The molecule has 0 spiro atoms. The highest BCUT2D eigenvalue weighted by molar-refractivity contribution is 6.31. The predicted octanol–water partition coefficient (Wildman–Crippen LogP) is 7.73. The lowest BCUT2D eigenvalue weighted by molar-refractivity contribution is -0.00277. The van der Waals surface area contributed by atoms with Crippen molar-refractivity contribution in [2.45, 2.75) is 95.9 Å². The Kier molecular flexibility index (Phi) is 7.32. The van der Waals surface area contributed by atoms with Crippen LogP contribution in [0.3, 0.4) is 0 Å². The second kappa shape index (κ2) is 9.67. The lowest BCUT2D eigenvalue weighted by Gasteiger charge is -2.54. The van der Waals surface area contributed by atoms with Gasteiger partial charge in [-0.1, -0.05) is 48.8 Å². The Morgan fingerprint density at radius 2 is 1.68 bits per heavy atom. The van der Waals surface area contributed by atoms with E-state index < -0.39 is 0 Å². The Labute approximate surface area is 200 Å². The first-order chi connectivity index (χ1) is 14.5. The third kappa shape index (κ3) is 4.69. The number of hydrogen-bond acceptors (Lipinski definition) is 1. The van der Waals surface area contributed by atoms with Crippen molar-refractivity contribution >= 4 is 24.0 Å². The Balaban J connectivity index is 0.00000231. The molecular weight excluding hydrogens is 421 g/mol. The normalized spacial score (nSPS) is 33.8. The van der Waals surface area contributed by atoms with E-state index >= 15 is 0 Å². The molecule has 6 rings (SSSR count). The first-order valence-corrected chi connectivity index (χ1v) is 13.0. The Hall–Kier alpha value is -0.680. The number of halogens is 2. The summed E-state index contributed by atoms with van der Waals surface area (Å²) in [5.41, 5.74) is 9.18. The van der Waals surface area contributed by atoms with Gasteiger partial charge in [-0.2, -0.15) is 0 Å². The van der Waals surface area contributed by atoms with Crippen molar-refractivity contribution < 1.29 is 0 Å². The Bertz CT molecular complexity index is 799. The molecule has 5 aliphatic carbocycles. The fourth-order valence-corrected chi connectivity index (χ4v) is 8.20. The van der Waals surface area contributed by atoms with Gasteiger partial charge in [-0.15, -0.1) is 12.4 Å². The minimum Gasteiger partial charge on any atom is -0.327 e. The third-order valence-electron chi connectivity index (χ3n) is 9.39. The van der Waals surface area contributed by atoms with Crippen molar-refractivity contribution in [1.82, 2.24) is 0 Å². The predicted molar refractivity (Wildman–Crippen MR) is 134 cm³/mol. The van der Waals surface area contributed by atoms with Crippen molar-refractivity contribution in [2.24, 2.45) is 34.8 Å². The average Bonchev–Trinajstić information content (AvgIpc) is 2.72. The van der Waals surface area contributed by atoms with Crippen LogP contribution in [0.4, 0.5) is 0 Å². The highest BCUT2D eigenvalue weighted by Crippen LogP contribution is 2.59. The van der Waals surface area contributed by atoms with Crippen molar-refractivity contribution in [3.63, 3.8) is 0 Å². The first kappa shape index (κ1) is 23.5. The van der Waals surface area contributed by atoms with Crippen LogP contribution >= 0.6 is 24.0 Å². The monoisotopic (exact) mass is 459 g/mol. The van der Waals surface area contributed by atoms with Gasteiger partial charge in [-0.3, -0.25) is 0 Å². The maximum absolute atomic E-state index is 6.73. The molecule has 3 heteroatoms. The molecule has 2 N–H and O–H groups in total. The molecule has 1 nitrogen and oxygen atoms in total. The lowest BCUT2D eigenvalue weighted by Crippen LogP contribution is -2.43. The second-order valence-corrected chi connectivity index (χ2v) is 11.6. The van der Waals surface area contributed by atoms with Gasteiger partial charge in [0.1, 0.15) is 0 Å². The number of nitrogens with two attached hydrogens (primary N) is 1. The summed E-state index contributed by atoms with van der Waals surface area (Å²) in [7, 11) is 0.